The van der Waals surface area contributed by atoms with Gasteiger partial charge in [-0.15, -0.1) is 0 Å². The third-order valence-electron chi connectivity index (χ3n) is 5.00. The van der Waals surface area contributed by atoms with E-state index in [2.05, 4.69) is 5.32 Å². The van der Waals surface area contributed by atoms with Gasteiger partial charge in [0.15, 0.2) is 9.84 Å². The van der Waals surface area contributed by atoms with Crippen molar-refractivity contribution < 1.29 is 21.6 Å². The molecule has 0 bridgehead atoms. The molecule has 0 aliphatic carbocycles. The third-order valence-corrected chi connectivity index (χ3v) is 8.48. The van der Waals surface area contributed by atoms with Gasteiger partial charge < -0.3 is 5.32 Å². The maximum absolute atomic E-state index is 13.1. The first-order valence-corrected chi connectivity index (χ1v) is 13.1. The van der Waals surface area contributed by atoms with Crippen LogP contribution in [0.4, 0.5) is 5.69 Å². The summed E-state index contributed by atoms with van der Waals surface area (Å²) >= 11 is 6.10. The number of rotatable bonds is 5. The van der Waals surface area contributed by atoms with E-state index in [0.717, 1.165) is 25.5 Å². The van der Waals surface area contributed by atoms with E-state index in [1.807, 2.05) is 0 Å². The number of halogens is 1. The minimum atomic E-state index is -3.71. The van der Waals surface area contributed by atoms with Crippen LogP contribution in [0.25, 0.3) is 0 Å². The lowest BCUT2D eigenvalue weighted by atomic mass is 10.1. The second-order valence-corrected chi connectivity index (χ2v) is 11.6. The Hall–Kier alpha value is -1.94. The number of benzene rings is 2. The van der Waals surface area contributed by atoms with Gasteiger partial charge in [0.2, 0.25) is 10.0 Å². The van der Waals surface area contributed by atoms with Crippen molar-refractivity contribution in [3.05, 3.63) is 52.5 Å². The number of amides is 1. The van der Waals surface area contributed by atoms with Gasteiger partial charge in [0.25, 0.3) is 5.91 Å². The van der Waals surface area contributed by atoms with Crippen molar-refractivity contribution in [1.82, 2.24) is 4.31 Å². The number of carbonyl (C=O) groups excluding carboxylic acids is 1. The van der Waals surface area contributed by atoms with Crippen molar-refractivity contribution in [3.63, 3.8) is 0 Å². The molecule has 2 aromatic rings. The molecule has 1 N–H and O–H groups in total. The molecule has 7 nitrogen and oxygen atoms in total. The highest BCUT2D eigenvalue weighted by atomic mass is 35.5. The number of nitrogens with one attached hydrogen (secondary N) is 1. The molecule has 3 rings (SSSR count). The molecule has 0 unspecified atom stereocenters. The Labute approximate surface area is 182 Å². The van der Waals surface area contributed by atoms with Crippen LogP contribution in [0.1, 0.15) is 35.2 Å². The fraction of sp³-hybridized carbons (Fsp3) is 0.350. The number of hydrogen-bond donors (Lipinski definition) is 1. The Balaban J connectivity index is 1.92. The van der Waals surface area contributed by atoms with Crippen molar-refractivity contribution >= 4 is 43.1 Å². The standard InChI is InChI=1S/C20H23ClN2O5S2/c1-14-6-7-15(12-19(14)30(27,28)23-10-4-3-5-11-23)20(24)22-18-13-16(29(2,25)26)8-9-17(18)21/h6-9,12-13H,3-5,10-11H2,1-2H3,(H,22,24). The summed E-state index contributed by atoms with van der Waals surface area (Å²) in [5, 5.41) is 2.74. The van der Waals surface area contributed by atoms with E-state index in [1.165, 1.54) is 34.6 Å². The van der Waals surface area contributed by atoms with Crippen LogP contribution in [-0.4, -0.2) is 46.4 Å². The summed E-state index contributed by atoms with van der Waals surface area (Å²) in [5.74, 6) is -0.586. The van der Waals surface area contributed by atoms with Gasteiger partial charge in [0.05, 0.1) is 20.5 Å². The lowest BCUT2D eigenvalue weighted by Crippen LogP contribution is -2.36. The van der Waals surface area contributed by atoms with Gasteiger partial charge in [-0.1, -0.05) is 24.1 Å². The van der Waals surface area contributed by atoms with Gasteiger partial charge in [-0.25, -0.2) is 16.8 Å². The van der Waals surface area contributed by atoms with Crippen molar-refractivity contribution in [3.8, 4) is 0 Å². The van der Waals surface area contributed by atoms with E-state index in [0.29, 0.717) is 18.7 Å². The number of nitrogens with zero attached hydrogens (tertiary/aromatic N) is 1. The first-order valence-electron chi connectivity index (χ1n) is 9.42. The maximum atomic E-state index is 13.1. The van der Waals surface area contributed by atoms with Gasteiger partial charge in [-0.05, 0) is 55.7 Å². The summed E-state index contributed by atoms with van der Waals surface area (Å²) in [4.78, 5) is 12.9. The first-order chi connectivity index (χ1) is 14.0. The van der Waals surface area contributed by atoms with E-state index in [4.69, 9.17) is 11.6 Å². The van der Waals surface area contributed by atoms with E-state index in [9.17, 15) is 21.6 Å². The van der Waals surface area contributed by atoms with Crippen LogP contribution in [0.3, 0.4) is 0 Å². The Morgan fingerprint density at radius 1 is 1.00 bits per heavy atom. The topological polar surface area (TPSA) is 101 Å². The fourth-order valence-corrected chi connectivity index (χ4v) is 5.87. The summed E-state index contributed by atoms with van der Waals surface area (Å²) in [6.07, 6.45) is 3.68. The van der Waals surface area contributed by atoms with Gasteiger partial charge in [0.1, 0.15) is 0 Å². The maximum Gasteiger partial charge on any atom is 0.255 e. The highest BCUT2D eigenvalue weighted by Crippen LogP contribution is 2.27. The molecule has 1 aliphatic rings. The average Bonchev–Trinajstić information content (AvgIpc) is 2.69. The highest BCUT2D eigenvalue weighted by Gasteiger charge is 2.28. The average molecular weight is 471 g/mol. The van der Waals surface area contributed by atoms with Crippen LogP contribution in [0.5, 0.6) is 0 Å². The van der Waals surface area contributed by atoms with Gasteiger partial charge in [-0.2, -0.15) is 4.31 Å². The minimum Gasteiger partial charge on any atom is -0.321 e. The van der Waals surface area contributed by atoms with Crippen LogP contribution in [0, 0.1) is 6.92 Å². The van der Waals surface area contributed by atoms with Gasteiger partial charge in [0, 0.05) is 24.9 Å². The predicted molar refractivity (Wildman–Crippen MR) is 116 cm³/mol. The highest BCUT2D eigenvalue weighted by molar-refractivity contribution is 7.90. The van der Waals surface area contributed by atoms with Crippen LogP contribution in [0.15, 0.2) is 46.2 Å². The van der Waals surface area contributed by atoms with Crippen molar-refractivity contribution in [2.24, 2.45) is 0 Å². The summed E-state index contributed by atoms with van der Waals surface area (Å²) < 4.78 is 51.1. The zero-order valence-electron chi connectivity index (χ0n) is 16.7. The van der Waals surface area contributed by atoms with Crippen molar-refractivity contribution in [2.45, 2.75) is 36.0 Å². The number of aryl methyl sites for hydroxylation is 1. The van der Waals surface area contributed by atoms with E-state index in [1.54, 1.807) is 13.0 Å². The molecule has 1 fully saturated rings. The summed E-state index contributed by atoms with van der Waals surface area (Å²) in [6, 6.07) is 8.46. The number of hydrogen-bond acceptors (Lipinski definition) is 5. The molecule has 0 radical (unpaired) electrons. The second-order valence-electron chi connectivity index (χ2n) is 7.31. The van der Waals surface area contributed by atoms with Crippen LogP contribution >= 0.6 is 11.6 Å². The Bertz CT molecular complexity index is 1190. The van der Waals surface area contributed by atoms with Crippen LogP contribution < -0.4 is 5.32 Å². The summed E-state index contributed by atoms with van der Waals surface area (Å²) in [7, 11) is -7.19. The molecule has 162 valence electrons. The lowest BCUT2D eigenvalue weighted by molar-refractivity contribution is 0.102. The monoisotopic (exact) mass is 470 g/mol. The largest absolute Gasteiger partial charge is 0.321 e. The molecular weight excluding hydrogens is 448 g/mol. The van der Waals surface area contributed by atoms with Crippen molar-refractivity contribution in [1.29, 1.82) is 0 Å². The Morgan fingerprint density at radius 3 is 2.30 bits per heavy atom. The number of piperidine rings is 1. The number of sulfonamides is 1. The van der Waals surface area contributed by atoms with Crippen LogP contribution in [-0.2, 0) is 19.9 Å². The smallest absolute Gasteiger partial charge is 0.255 e. The molecule has 1 saturated heterocycles. The Morgan fingerprint density at radius 2 is 1.67 bits per heavy atom. The third kappa shape index (κ3) is 4.85. The molecular formula is C20H23ClN2O5S2. The van der Waals surface area contributed by atoms with E-state index in [-0.39, 0.29) is 26.1 Å². The molecule has 0 atom stereocenters. The first kappa shape index (κ1) is 22.7. The number of sulfone groups is 1. The molecule has 30 heavy (non-hydrogen) atoms. The zero-order valence-corrected chi connectivity index (χ0v) is 19.1. The second kappa shape index (κ2) is 8.66. The molecule has 2 aromatic carbocycles. The van der Waals surface area contributed by atoms with Crippen molar-refractivity contribution in [2.75, 3.05) is 24.7 Å². The SMILES string of the molecule is Cc1ccc(C(=O)Nc2cc(S(C)(=O)=O)ccc2Cl)cc1S(=O)(=O)N1CCCCC1. The van der Waals surface area contributed by atoms with Gasteiger partial charge in [-0.3, -0.25) is 4.79 Å². The fourth-order valence-electron chi connectivity index (χ4n) is 3.29. The molecule has 0 aromatic heterocycles. The Kier molecular flexibility index (Phi) is 6.57. The van der Waals surface area contributed by atoms with E-state index >= 15 is 0 Å². The lowest BCUT2D eigenvalue weighted by Gasteiger charge is -2.26. The molecule has 1 heterocycles. The van der Waals surface area contributed by atoms with E-state index < -0.39 is 25.8 Å². The van der Waals surface area contributed by atoms with Crippen LogP contribution in [0.2, 0.25) is 5.02 Å². The number of carbonyl (C=O) groups is 1. The molecule has 10 heteroatoms. The molecule has 1 amide bonds. The summed E-state index contributed by atoms with van der Waals surface area (Å²) in [5.41, 5.74) is 0.817. The minimum absolute atomic E-state index is 0.0134. The quantitative estimate of drug-likeness (QED) is 0.720. The zero-order chi connectivity index (χ0) is 22.1. The number of anilines is 1. The van der Waals surface area contributed by atoms with Gasteiger partial charge >= 0.3 is 0 Å². The normalized spacial score (nSPS) is 15.7. The molecule has 0 spiro atoms. The molecule has 0 saturated carbocycles. The summed E-state index contributed by atoms with van der Waals surface area (Å²) in [6.45, 7) is 2.61. The predicted octanol–water partition coefficient (Wildman–Crippen LogP) is 3.48. The molecule has 1 aliphatic heterocycles.